The van der Waals surface area contributed by atoms with Gasteiger partial charge in [0.15, 0.2) is 0 Å². The fourth-order valence-corrected chi connectivity index (χ4v) is 0.493. The van der Waals surface area contributed by atoms with Crippen molar-refractivity contribution in [3.05, 3.63) is 0 Å². The van der Waals surface area contributed by atoms with E-state index in [0.717, 1.165) is 25.4 Å². The maximum Gasteiger partial charge on any atom is 0.0892 e. The lowest BCUT2D eigenvalue weighted by atomic mass is 10.1. The zero-order valence-corrected chi connectivity index (χ0v) is 8.32. The molecule has 0 amide bonds. The lowest BCUT2D eigenvalue weighted by Crippen LogP contribution is -1.89. The van der Waals surface area contributed by atoms with E-state index in [1.807, 2.05) is 6.92 Å². The van der Waals surface area contributed by atoms with Gasteiger partial charge < -0.3 is 0 Å². The first-order valence-electron chi connectivity index (χ1n) is 3.85. The molecule has 0 rings (SSSR count). The fourth-order valence-electron chi connectivity index (χ4n) is 0.493. The first-order chi connectivity index (χ1) is 4.77. The number of hydrogen-bond acceptors (Lipinski definition) is 2. The van der Waals surface area contributed by atoms with Crippen LogP contribution in [-0.4, -0.2) is 19.1 Å². The number of nitrogens with zero attached hydrogens (tertiary/aromatic N) is 2. The van der Waals surface area contributed by atoms with Crippen molar-refractivity contribution in [1.29, 1.82) is 0 Å². The van der Waals surface area contributed by atoms with Crippen LogP contribution in [0, 0.1) is 5.92 Å². The van der Waals surface area contributed by atoms with E-state index >= 15 is 0 Å². The molecule has 11 heavy (non-hydrogen) atoms. The van der Waals surface area contributed by atoms with Crippen molar-refractivity contribution in [2.45, 2.75) is 27.2 Å². The molecule has 0 N–H and O–H groups in total. The zero-order valence-electron chi connectivity index (χ0n) is 7.50. The van der Waals surface area contributed by atoms with E-state index in [0.29, 0.717) is 0 Å². The summed E-state index contributed by atoms with van der Waals surface area (Å²) in [5.74, 6) is 0.729. The molecular weight excluding hydrogens is 160 g/mol. The van der Waals surface area contributed by atoms with Gasteiger partial charge in [0.1, 0.15) is 0 Å². The van der Waals surface area contributed by atoms with Gasteiger partial charge >= 0.3 is 0 Å². The largest absolute Gasteiger partial charge is 0.226 e. The number of halogens is 1. The molecule has 3 heteroatoms. The summed E-state index contributed by atoms with van der Waals surface area (Å²) in [6.45, 7) is 8.00. The fraction of sp³-hybridized carbons (Fsp3) is 0.875. The van der Waals surface area contributed by atoms with Gasteiger partial charge in [-0.25, -0.2) is 9.98 Å². The SMILES string of the molecule is CCN=C=NCCC(C)C.Cl. The Morgan fingerprint density at radius 2 is 1.91 bits per heavy atom. The van der Waals surface area contributed by atoms with Crippen LogP contribution in [0.1, 0.15) is 27.2 Å². The summed E-state index contributed by atoms with van der Waals surface area (Å²) in [5, 5.41) is 0. The molecule has 0 aromatic carbocycles. The van der Waals surface area contributed by atoms with Crippen LogP contribution in [0.3, 0.4) is 0 Å². The Morgan fingerprint density at radius 1 is 1.27 bits per heavy atom. The Labute approximate surface area is 75.2 Å². The van der Waals surface area contributed by atoms with E-state index < -0.39 is 0 Å². The Balaban J connectivity index is 0. The van der Waals surface area contributed by atoms with Gasteiger partial charge in [-0.1, -0.05) is 13.8 Å². The molecule has 0 aliphatic heterocycles. The highest BCUT2D eigenvalue weighted by Crippen LogP contribution is 1.97. The number of rotatable bonds is 4. The summed E-state index contributed by atoms with van der Waals surface area (Å²) in [4.78, 5) is 7.84. The molecule has 0 aromatic heterocycles. The quantitative estimate of drug-likeness (QED) is 0.589. The monoisotopic (exact) mass is 176 g/mol. The second-order valence-corrected chi connectivity index (χ2v) is 2.64. The van der Waals surface area contributed by atoms with Crippen molar-refractivity contribution < 1.29 is 0 Å². The summed E-state index contributed by atoms with van der Waals surface area (Å²) < 4.78 is 0. The van der Waals surface area contributed by atoms with E-state index in [4.69, 9.17) is 0 Å². The molecule has 0 aliphatic rings. The molecule has 0 aliphatic carbocycles. The lowest BCUT2D eigenvalue weighted by Gasteiger charge is -1.96. The normalized spacial score (nSPS) is 8.36. The summed E-state index contributed by atoms with van der Waals surface area (Å²) in [6.07, 6.45) is 1.13. The molecule has 0 unspecified atom stereocenters. The van der Waals surface area contributed by atoms with Gasteiger partial charge in [0, 0.05) is 6.54 Å². The molecule has 0 fully saturated rings. The van der Waals surface area contributed by atoms with Gasteiger partial charge in [0.25, 0.3) is 0 Å². The molecule has 0 heterocycles. The van der Waals surface area contributed by atoms with Crippen molar-refractivity contribution in [3.63, 3.8) is 0 Å². The minimum absolute atomic E-state index is 0. The minimum atomic E-state index is 0. The second-order valence-electron chi connectivity index (χ2n) is 2.64. The highest BCUT2D eigenvalue weighted by molar-refractivity contribution is 5.85. The van der Waals surface area contributed by atoms with Gasteiger partial charge in [0.2, 0.25) is 0 Å². The molecule has 0 spiro atoms. The van der Waals surface area contributed by atoms with Crippen LogP contribution in [0.15, 0.2) is 9.98 Å². The molecule has 0 radical (unpaired) electrons. The van der Waals surface area contributed by atoms with Gasteiger partial charge in [0.05, 0.1) is 12.6 Å². The van der Waals surface area contributed by atoms with Crippen LogP contribution in [0.5, 0.6) is 0 Å². The van der Waals surface area contributed by atoms with Gasteiger partial charge in [-0.05, 0) is 19.3 Å². The van der Waals surface area contributed by atoms with Crippen LogP contribution >= 0.6 is 12.4 Å². The van der Waals surface area contributed by atoms with Crippen molar-refractivity contribution in [2.24, 2.45) is 15.9 Å². The van der Waals surface area contributed by atoms with E-state index in [1.165, 1.54) is 0 Å². The van der Waals surface area contributed by atoms with Crippen molar-refractivity contribution in [2.75, 3.05) is 13.1 Å². The average molecular weight is 177 g/mol. The van der Waals surface area contributed by atoms with Crippen molar-refractivity contribution in [3.8, 4) is 0 Å². The Kier molecular flexibility index (Phi) is 11.7. The molecular formula is C8H17ClN2. The van der Waals surface area contributed by atoms with Gasteiger partial charge in [-0.2, -0.15) is 0 Å². The Hall–Kier alpha value is -0.330. The number of hydrogen-bond donors (Lipinski definition) is 0. The van der Waals surface area contributed by atoms with E-state index in [9.17, 15) is 0 Å². The Bertz CT molecular complexity index is 126. The molecule has 0 atom stereocenters. The third-order valence-electron chi connectivity index (χ3n) is 1.12. The third kappa shape index (κ3) is 12.8. The standard InChI is InChI=1S/C8H16N2.ClH/c1-4-9-7-10-6-5-8(2)3;/h8H,4-6H2,1-3H3;1H. The maximum absolute atomic E-state index is 3.98. The summed E-state index contributed by atoms with van der Waals surface area (Å²) >= 11 is 0. The van der Waals surface area contributed by atoms with Crippen molar-refractivity contribution in [1.82, 2.24) is 0 Å². The van der Waals surface area contributed by atoms with Crippen LogP contribution in [0.4, 0.5) is 0 Å². The van der Waals surface area contributed by atoms with Gasteiger partial charge in [-0.15, -0.1) is 12.4 Å². The van der Waals surface area contributed by atoms with Crippen LogP contribution in [0.25, 0.3) is 0 Å². The number of aliphatic imine (C=N–C) groups is 2. The zero-order chi connectivity index (χ0) is 7.82. The molecule has 0 saturated heterocycles. The molecule has 66 valence electrons. The summed E-state index contributed by atoms with van der Waals surface area (Å²) in [7, 11) is 0. The predicted octanol–water partition coefficient (Wildman–Crippen LogP) is 2.65. The average Bonchev–Trinajstić information content (AvgIpc) is 1.87. The first-order valence-corrected chi connectivity index (χ1v) is 3.85. The first kappa shape index (κ1) is 13.3. The topological polar surface area (TPSA) is 24.7 Å². The second kappa shape index (κ2) is 9.67. The Morgan fingerprint density at radius 3 is 2.36 bits per heavy atom. The third-order valence-corrected chi connectivity index (χ3v) is 1.12. The molecule has 0 saturated carbocycles. The van der Waals surface area contributed by atoms with Crippen LogP contribution in [-0.2, 0) is 0 Å². The predicted molar refractivity (Wildman–Crippen MR) is 52.0 cm³/mol. The van der Waals surface area contributed by atoms with Crippen LogP contribution < -0.4 is 0 Å². The molecule has 2 nitrogen and oxygen atoms in total. The molecule has 0 aromatic rings. The lowest BCUT2D eigenvalue weighted by molar-refractivity contribution is 0.598. The summed E-state index contributed by atoms with van der Waals surface area (Å²) in [5.41, 5.74) is 0. The van der Waals surface area contributed by atoms with Crippen molar-refractivity contribution >= 4 is 18.4 Å². The van der Waals surface area contributed by atoms with Crippen LogP contribution in [0.2, 0.25) is 0 Å². The van der Waals surface area contributed by atoms with E-state index in [2.05, 4.69) is 29.8 Å². The maximum atomic E-state index is 3.98. The minimum Gasteiger partial charge on any atom is -0.226 e. The van der Waals surface area contributed by atoms with E-state index in [1.54, 1.807) is 0 Å². The summed E-state index contributed by atoms with van der Waals surface area (Å²) in [6, 6.07) is 2.64. The highest BCUT2D eigenvalue weighted by Gasteiger charge is 1.88. The van der Waals surface area contributed by atoms with E-state index in [-0.39, 0.29) is 12.4 Å². The van der Waals surface area contributed by atoms with Gasteiger partial charge in [-0.3, -0.25) is 0 Å². The highest BCUT2D eigenvalue weighted by atomic mass is 35.5. The smallest absolute Gasteiger partial charge is 0.0892 e. The molecule has 0 bridgehead atoms.